The van der Waals surface area contributed by atoms with Crippen LogP contribution in [0.25, 0.3) is 99.9 Å². The number of benzene rings is 9. The first-order valence-corrected chi connectivity index (χ1v) is 18.7. The van der Waals surface area contributed by atoms with Crippen molar-refractivity contribution in [3.63, 3.8) is 0 Å². The molecule has 0 aliphatic heterocycles. The van der Waals surface area contributed by atoms with Crippen LogP contribution in [-0.4, -0.2) is 15.0 Å². The third-order valence-corrected chi connectivity index (χ3v) is 10.6. The van der Waals surface area contributed by atoms with Crippen molar-refractivity contribution in [2.24, 2.45) is 0 Å². The summed E-state index contributed by atoms with van der Waals surface area (Å²) in [5, 5.41) is 16.5. The molecule has 1 aromatic heterocycles. The number of aromatic nitrogens is 3. The Morgan fingerprint density at radius 2 is 0.679 bits per heavy atom. The van der Waals surface area contributed by atoms with Crippen molar-refractivity contribution >= 4 is 32.3 Å². The highest BCUT2D eigenvalue weighted by molar-refractivity contribution is 6.23. The summed E-state index contributed by atoms with van der Waals surface area (Å²) in [6.07, 6.45) is 0. The van der Waals surface area contributed by atoms with Gasteiger partial charge in [0, 0.05) is 16.7 Å². The lowest BCUT2D eigenvalue weighted by atomic mass is 9.87. The molecule has 0 radical (unpaired) electrons. The Morgan fingerprint density at radius 3 is 1.25 bits per heavy atom. The van der Waals surface area contributed by atoms with Crippen LogP contribution in [0.1, 0.15) is 5.56 Å². The van der Waals surface area contributed by atoms with Crippen LogP contribution in [0.15, 0.2) is 194 Å². The molecule has 56 heavy (non-hydrogen) atoms. The van der Waals surface area contributed by atoms with Crippen molar-refractivity contribution in [1.29, 1.82) is 5.26 Å². The van der Waals surface area contributed by atoms with Gasteiger partial charge in [-0.2, -0.15) is 5.26 Å². The molecule has 0 amide bonds. The molecular weight excluding hydrogens is 681 g/mol. The summed E-state index contributed by atoms with van der Waals surface area (Å²) in [6, 6.07) is 69.5. The van der Waals surface area contributed by atoms with Crippen LogP contribution >= 0.6 is 0 Å². The first-order chi connectivity index (χ1) is 27.7. The molecule has 10 aromatic rings. The molecule has 1 heterocycles. The minimum Gasteiger partial charge on any atom is -0.208 e. The van der Waals surface area contributed by atoms with Crippen molar-refractivity contribution in [3.8, 4) is 73.6 Å². The van der Waals surface area contributed by atoms with Crippen LogP contribution in [0.4, 0.5) is 0 Å². The quantitative estimate of drug-likeness (QED) is 0.161. The third kappa shape index (κ3) is 5.94. The van der Waals surface area contributed by atoms with Crippen molar-refractivity contribution in [1.82, 2.24) is 15.0 Å². The van der Waals surface area contributed by atoms with Crippen LogP contribution in [0.5, 0.6) is 0 Å². The maximum absolute atomic E-state index is 9.43. The standard InChI is InChI=1S/C52H32N4/c53-33-34-22-24-37(25-23-34)46-31-48-45-21-10-8-19-43(45)47(32-49(48)44-20-9-7-18-42(44)46)40-16-11-17-41(30-40)52-55-50(38-14-5-2-6-15-38)54-51(56-52)39-28-26-36(27-29-39)35-12-3-1-4-13-35/h1-32H. The molecular formula is C52H32N4. The average Bonchev–Trinajstić information content (AvgIpc) is 3.29. The number of hydrogen-bond donors (Lipinski definition) is 0. The number of hydrogen-bond acceptors (Lipinski definition) is 4. The van der Waals surface area contributed by atoms with E-state index in [1.165, 1.54) is 26.9 Å². The molecule has 4 nitrogen and oxygen atoms in total. The molecule has 9 aromatic carbocycles. The summed E-state index contributed by atoms with van der Waals surface area (Å²) < 4.78 is 0. The zero-order valence-corrected chi connectivity index (χ0v) is 30.3. The zero-order chi connectivity index (χ0) is 37.4. The summed E-state index contributed by atoms with van der Waals surface area (Å²) in [5.74, 6) is 1.87. The van der Waals surface area contributed by atoms with E-state index in [4.69, 9.17) is 15.0 Å². The van der Waals surface area contributed by atoms with Gasteiger partial charge in [-0.3, -0.25) is 0 Å². The molecule has 260 valence electrons. The number of rotatable bonds is 6. The second-order valence-corrected chi connectivity index (χ2v) is 13.9. The Morgan fingerprint density at radius 1 is 0.286 bits per heavy atom. The molecule has 0 N–H and O–H groups in total. The lowest BCUT2D eigenvalue weighted by Gasteiger charge is -2.16. The van der Waals surface area contributed by atoms with Gasteiger partial charge in [0.2, 0.25) is 0 Å². The van der Waals surface area contributed by atoms with E-state index in [0.717, 1.165) is 55.5 Å². The van der Waals surface area contributed by atoms with E-state index < -0.39 is 0 Å². The Kier molecular flexibility index (Phi) is 8.17. The first kappa shape index (κ1) is 32.9. The van der Waals surface area contributed by atoms with Gasteiger partial charge < -0.3 is 0 Å². The number of fused-ring (bicyclic) bond motifs is 5. The molecule has 0 aliphatic rings. The van der Waals surface area contributed by atoms with Crippen molar-refractivity contribution in [2.75, 3.05) is 0 Å². The number of nitrogens with zero attached hydrogens (tertiary/aromatic N) is 4. The maximum atomic E-state index is 9.43. The van der Waals surface area contributed by atoms with Crippen molar-refractivity contribution in [3.05, 3.63) is 200 Å². The molecule has 0 atom stereocenters. The summed E-state index contributed by atoms with van der Waals surface area (Å²) in [6.45, 7) is 0. The Labute approximate surface area is 324 Å². The van der Waals surface area contributed by atoms with Gasteiger partial charge in [0.1, 0.15) is 0 Å². The van der Waals surface area contributed by atoms with Crippen molar-refractivity contribution < 1.29 is 0 Å². The fourth-order valence-electron chi connectivity index (χ4n) is 7.77. The largest absolute Gasteiger partial charge is 0.208 e. The molecule has 4 heteroatoms. The van der Waals surface area contributed by atoms with E-state index in [1.807, 2.05) is 60.7 Å². The SMILES string of the molecule is N#Cc1ccc(-c2cc3c4ccccc4c(-c4cccc(-c5nc(-c6ccccc6)nc(-c6ccc(-c7ccccc7)cc6)n5)c4)cc3c3ccccc23)cc1. The second-order valence-electron chi connectivity index (χ2n) is 13.9. The van der Waals surface area contributed by atoms with Gasteiger partial charge in [-0.15, -0.1) is 0 Å². The smallest absolute Gasteiger partial charge is 0.164 e. The average molecular weight is 713 g/mol. The first-order valence-electron chi connectivity index (χ1n) is 18.7. The zero-order valence-electron chi connectivity index (χ0n) is 30.3. The normalized spacial score (nSPS) is 11.2. The Bertz CT molecular complexity index is 3110. The van der Waals surface area contributed by atoms with E-state index in [-0.39, 0.29) is 0 Å². The van der Waals surface area contributed by atoms with Gasteiger partial charge in [-0.1, -0.05) is 164 Å². The van der Waals surface area contributed by atoms with Crippen LogP contribution in [-0.2, 0) is 0 Å². The fraction of sp³-hybridized carbons (Fsp3) is 0. The lowest BCUT2D eigenvalue weighted by Crippen LogP contribution is -2.00. The van der Waals surface area contributed by atoms with Gasteiger partial charge in [0.05, 0.1) is 11.6 Å². The van der Waals surface area contributed by atoms with E-state index >= 15 is 0 Å². The van der Waals surface area contributed by atoms with Gasteiger partial charge >= 0.3 is 0 Å². The minimum atomic E-state index is 0.616. The van der Waals surface area contributed by atoms with Gasteiger partial charge in [-0.05, 0) is 96.0 Å². The van der Waals surface area contributed by atoms with Crippen LogP contribution in [0.2, 0.25) is 0 Å². The topological polar surface area (TPSA) is 62.5 Å². The summed E-state index contributed by atoms with van der Waals surface area (Å²) >= 11 is 0. The second kappa shape index (κ2) is 13.9. The van der Waals surface area contributed by atoms with Crippen LogP contribution in [0, 0.1) is 11.3 Å². The van der Waals surface area contributed by atoms with Gasteiger partial charge in [-0.25, -0.2) is 15.0 Å². The molecule has 0 unspecified atom stereocenters. The minimum absolute atomic E-state index is 0.616. The summed E-state index contributed by atoms with van der Waals surface area (Å²) in [7, 11) is 0. The van der Waals surface area contributed by atoms with E-state index in [1.54, 1.807) is 0 Å². The highest BCUT2D eigenvalue weighted by atomic mass is 15.0. The predicted octanol–water partition coefficient (Wildman–Crippen LogP) is 13.2. The van der Waals surface area contributed by atoms with Gasteiger partial charge in [0.15, 0.2) is 17.5 Å². The molecule has 10 rings (SSSR count). The molecule has 0 bridgehead atoms. The Balaban J connectivity index is 1.13. The molecule has 0 fully saturated rings. The lowest BCUT2D eigenvalue weighted by molar-refractivity contribution is 1.07. The molecule has 0 spiro atoms. The molecule has 0 aliphatic carbocycles. The Hall–Kier alpha value is -7.74. The van der Waals surface area contributed by atoms with Crippen LogP contribution < -0.4 is 0 Å². The van der Waals surface area contributed by atoms with E-state index in [2.05, 4.69) is 140 Å². The molecule has 0 saturated heterocycles. The predicted molar refractivity (Wildman–Crippen MR) is 230 cm³/mol. The summed E-state index contributed by atoms with van der Waals surface area (Å²) in [5.41, 5.74) is 10.2. The van der Waals surface area contributed by atoms with E-state index in [0.29, 0.717) is 23.0 Å². The monoisotopic (exact) mass is 712 g/mol. The van der Waals surface area contributed by atoms with Gasteiger partial charge in [0.25, 0.3) is 0 Å². The third-order valence-electron chi connectivity index (χ3n) is 10.6. The van der Waals surface area contributed by atoms with E-state index in [9.17, 15) is 5.26 Å². The number of nitriles is 1. The highest BCUT2D eigenvalue weighted by Crippen LogP contribution is 2.42. The molecule has 0 saturated carbocycles. The van der Waals surface area contributed by atoms with Crippen LogP contribution in [0.3, 0.4) is 0 Å². The van der Waals surface area contributed by atoms with Crippen molar-refractivity contribution in [2.45, 2.75) is 0 Å². The summed E-state index contributed by atoms with van der Waals surface area (Å²) in [4.78, 5) is 15.1. The highest BCUT2D eigenvalue weighted by Gasteiger charge is 2.17. The fourth-order valence-corrected chi connectivity index (χ4v) is 7.77. The maximum Gasteiger partial charge on any atom is 0.164 e.